The van der Waals surface area contributed by atoms with Gasteiger partial charge in [-0.15, -0.1) is 0 Å². The molecular weight excluding hydrogens is 376 g/mol. The highest BCUT2D eigenvalue weighted by atomic mass is 35.5. The number of amides is 1. The molecule has 6 rings (SSSR count). The Hall–Kier alpha value is -2.08. The number of aromatic nitrogens is 3. The lowest BCUT2D eigenvalue weighted by molar-refractivity contribution is -0.0503. The van der Waals surface area contributed by atoms with Crippen LogP contribution in [0.3, 0.4) is 0 Å². The molecule has 0 aliphatic heterocycles. The molecule has 148 valence electrons. The number of aryl methyl sites for hydroxylation is 1. The maximum absolute atomic E-state index is 12.9. The second-order valence-electron chi connectivity index (χ2n) is 9.18. The van der Waals surface area contributed by atoms with E-state index in [1.165, 1.54) is 43.1 Å². The first-order valence-corrected chi connectivity index (χ1v) is 10.5. The number of halogens is 1. The van der Waals surface area contributed by atoms with Crippen LogP contribution in [-0.2, 0) is 0 Å². The van der Waals surface area contributed by atoms with Crippen LogP contribution in [0, 0.1) is 30.1 Å². The van der Waals surface area contributed by atoms with Crippen molar-refractivity contribution >= 4 is 17.5 Å². The van der Waals surface area contributed by atoms with Gasteiger partial charge >= 0.3 is 5.69 Å². The van der Waals surface area contributed by atoms with Crippen LogP contribution in [-0.4, -0.2) is 27.2 Å². The van der Waals surface area contributed by atoms with Crippen molar-refractivity contribution in [1.82, 2.24) is 20.1 Å². The Balaban J connectivity index is 1.36. The maximum Gasteiger partial charge on any atom is 0.347 e. The quantitative estimate of drug-likeness (QED) is 0.824. The number of H-pyrrole nitrogens is 1. The molecule has 1 amide bonds. The summed E-state index contributed by atoms with van der Waals surface area (Å²) in [6.07, 6.45) is 7.91. The summed E-state index contributed by atoms with van der Waals surface area (Å²) in [7, 11) is 0. The SMILES string of the molecule is Cc1n[nH]c(=O)n1-c1ccc(Cl)c(C(=O)NCC23CC4CC(CC(C4)C2)C3)c1. The number of rotatable bonds is 4. The number of carbonyl (C=O) groups is 1. The van der Waals surface area contributed by atoms with Crippen LogP contribution in [0.5, 0.6) is 0 Å². The number of carbonyl (C=O) groups excluding carboxylic acids is 1. The van der Waals surface area contributed by atoms with Crippen molar-refractivity contribution in [3.05, 3.63) is 45.1 Å². The Kier molecular flexibility index (Phi) is 4.16. The zero-order chi connectivity index (χ0) is 19.5. The zero-order valence-electron chi connectivity index (χ0n) is 16.0. The van der Waals surface area contributed by atoms with Crippen LogP contribution < -0.4 is 11.0 Å². The van der Waals surface area contributed by atoms with Gasteiger partial charge in [0.2, 0.25) is 0 Å². The van der Waals surface area contributed by atoms with Crippen LogP contribution in [0.1, 0.15) is 54.7 Å². The highest BCUT2D eigenvalue weighted by molar-refractivity contribution is 6.33. The molecule has 2 N–H and O–H groups in total. The minimum absolute atomic E-state index is 0.170. The van der Waals surface area contributed by atoms with E-state index < -0.39 is 0 Å². The molecule has 4 aliphatic carbocycles. The lowest BCUT2D eigenvalue weighted by atomic mass is 9.49. The van der Waals surface area contributed by atoms with Crippen molar-refractivity contribution in [2.75, 3.05) is 6.54 Å². The molecule has 4 aliphatic rings. The zero-order valence-corrected chi connectivity index (χ0v) is 16.8. The number of benzene rings is 1. The van der Waals surface area contributed by atoms with Crippen LogP contribution >= 0.6 is 11.6 Å². The molecule has 4 saturated carbocycles. The van der Waals surface area contributed by atoms with Crippen LogP contribution in [0.2, 0.25) is 5.02 Å². The monoisotopic (exact) mass is 400 g/mol. The third-order valence-corrected chi connectivity index (χ3v) is 7.41. The lowest BCUT2D eigenvalue weighted by Gasteiger charge is -2.56. The van der Waals surface area contributed by atoms with E-state index in [2.05, 4.69) is 15.5 Å². The maximum atomic E-state index is 12.9. The summed E-state index contributed by atoms with van der Waals surface area (Å²) in [6.45, 7) is 2.46. The van der Waals surface area contributed by atoms with Gasteiger partial charge < -0.3 is 5.32 Å². The highest BCUT2D eigenvalue weighted by Crippen LogP contribution is 2.59. The minimum atomic E-state index is -0.334. The van der Waals surface area contributed by atoms with Crippen molar-refractivity contribution in [2.24, 2.45) is 23.2 Å². The van der Waals surface area contributed by atoms with Crippen molar-refractivity contribution in [3.8, 4) is 5.69 Å². The van der Waals surface area contributed by atoms with Crippen molar-refractivity contribution in [3.63, 3.8) is 0 Å². The molecule has 0 atom stereocenters. The standard InChI is InChI=1S/C21H25ClN4O2/c1-12-24-25-20(28)26(12)16-2-3-18(22)17(7-16)19(27)23-11-21-8-13-4-14(9-21)6-15(5-13)10-21/h2-3,7,13-15H,4-6,8-11H2,1H3,(H,23,27)(H,25,28). The van der Waals surface area contributed by atoms with Gasteiger partial charge in [0, 0.05) is 6.54 Å². The summed E-state index contributed by atoms with van der Waals surface area (Å²) in [5, 5.41) is 9.90. The van der Waals surface area contributed by atoms with Crippen LogP contribution in [0.15, 0.2) is 23.0 Å². The highest BCUT2D eigenvalue weighted by Gasteiger charge is 2.50. The largest absolute Gasteiger partial charge is 0.351 e. The molecule has 6 nitrogen and oxygen atoms in total. The van der Waals surface area contributed by atoms with E-state index in [4.69, 9.17) is 11.6 Å². The number of hydrogen-bond acceptors (Lipinski definition) is 3. The third kappa shape index (κ3) is 2.98. The Morgan fingerprint density at radius 2 is 1.89 bits per heavy atom. The number of hydrogen-bond donors (Lipinski definition) is 2. The van der Waals surface area contributed by atoms with Crippen LogP contribution in [0.25, 0.3) is 5.69 Å². The first kappa shape index (κ1) is 18.0. The molecule has 1 aromatic heterocycles. The molecule has 0 saturated heterocycles. The first-order chi connectivity index (χ1) is 13.4. The molecule has 7 heteroatoms. The average Bonchev–Trinajstić information content (AvgIpc) is 2.98. The summed E-state index contributed by atoms with van der Waals surface area (Å²) in [5.74, 6) is 2.92. The summed E-state index contributed by atoms with van der Waals surface area (Å²) in [6, 6.07) is 5.05. The fourth-order valence-corrected chi connectivity index (χ4v) is 6.58. The molecule has 1 aromatic carbocycles. The van der Waals surface area contributed by atoms with Crippen LogP contribution in [0.4, 0.5) is 0 Å². The van der Waals surface area contributed by atoms with Crippen molar-refractivity contribution in [2.45, 2.75) is 45.4 Å². The number of nitrogens with one attached hydrogen (secondary N) is 2. The Bertz CT molecular complexity index is 957. The average molecular weight is 401 g/mol. The van der Waals surface area contributed by atoms with Gasteiger partial charge in [-0.05, 0) is 86.8 Å². The topological polar surface area (TPSA) is 79.8 Å². The van der Waals surface area contributed by atoms with Gasteiger partial charge in [0.25, 0.3) is 5.91 Å². The molecule has 0 radical (unpaired) electrons. The molecule has 2 aromatic rings. The van der Waals surface area contributed by atoms with E-state index in [0.717, 1.165) is 24.3 Å². The molecule has 28 heavy (non-hydrogen) atoms. The van der Waals surface area contributed by atoms with Crippen molar-refractivity contribution < 1.29 is 4.79 Å². The van der Waals surface area contributed by atoms with E-state index in [-0.39, 0.29) is 17.0 Å². The van der Waals surface area contributed by atoms with Gasteiger partial charge in [0.1, 0.15) is 5.82 Å². The van der Waals surface area contributed by atoms with E-state index in [1.807, 2.05) is 0 Å². The smallest absolute Gasteiger partial charge is 0.347 e. The first-order valence-electron chi connectivity index (χ1n) is 10.1. The predicted molar refractivity (Wildman–Crippen MR) is 107 cm³/mol. The van der Waals surface area contributed by atoms with E-state index in [0.29, 0.717) is 22.1 Å². The summed E-state index contributed by atoms with van der Waals surface area (Å²) in [5.41, 5.74) is 0.920. The lowest BCUT2D eigenvalue weighted by Crippen LogP contribution is -2.51. The minimum Gasteiger partial charge on any atom is -0.351 e. The molecule has 4 bridgehead atoms. The van der Waals surface area contributed by atoms with Gasteiger partial charge in [-0.25, -0.2) is 14.5 Å². The van der Waals surface area contributed by atoms with Gasteiger partial charge in [0.15, 0.2) is 0 Å². The van der Waals surface area contributed by atoms with E-state index >= 15 is 0 Å². The van der Waals surface area contributed by atoms with Crippen molar-refractivity contribution in [1.29, 1.82) is 0 Å². The van der Waals surface area contributed by atoms with E-state index in [1.54, 1.807) is 25.1 Å². The number of aromatic amines is 1. The summed E-state index contributed by atoms with van der Waals surface area (Å²) in [4.78, 5) is 24.9. The Labute approximate surface area is 168 Å². The summed E-state index contributed by atoms with van der Waals surface area (Å²) >= 11 is 6.32. The van der Waals surface area contributed by atoms with Gasteiger partial charge in [-0.3, -0.25) is 4.79 Å². The molecule has 1 heterocycles. The van der Waals surface area contributed by atoms with E-state index in [9.17, 15) is 9.59 Å². The fraction of sp³-hybridized carbons (Fsp3) is 0.571. The predicted octanol–water partition coefficient (Wildman–Crippen LogP) is 3.47. The molecule has 0 spiro atoms. The Morgan fingerprint density at radius 1 is 1.25 bits per heavy atom. The van der Waals surface area contributed by atoms with Gasteiger partial charge in [-0.2, -0.15) is 5.10 Å². The molecular formula is C21H25ClN4O2. The second-order valence-corrected chi connectivity index (χ2v) is 9.58. The summed E-state index contributed by atoms with van der Waals surface area (Å²) < 4.78 is 1.44. The fourth-order valence-electron chi connectivity index (χ4n) is 6.38. The normalized spacial score (nSPS) is 30.6. The number of nitrogens with zero attached hydrogens (tertiary/aromatic N) is 2. The molecule has 4 fully saturated rings. The Morgan fingerprint density at radius 3 is 2.46 bits per heavy atom. The molecule has 0 unspecified atom stereocenters. The van der Waals surface area contributed by atoms with Gasteiger partial charge in [-0.1, -0.05) is 11.6 Å². The third-order valence-electron chi connectivity index (χ3n) is 7.08. The van der Waals surface area contributed by atoms with Gasteiger partial charge in [0.05, 0.1) is 16.3 Å². The second kappa shape index (κ2) is 6.48.